The Morgan fingerprint density at radius 3 is 2.30 bits per heavy atom. The molecule has 0 saturated carbocycles. The zero-order valence-electron chi connectivity index (χ0n) is 12.1. The van der Waals surface area contributed by atoms with Crippen LogP contribution in [0.25, 0.3) is 0 Å². The molecule has 2 aromatic rings. The summed E-state index contributed by atoms with van der Waals surface area (Å²) in [5.41, 5.74) is 4.68. The van der Waals surface area contributed by atoms with Gasteiger partial charge in [-0.05, 0) is 29.5 Å². The highest BCUT2D eigenvalue weighted by atomic mass is 16.6. The molecule has 2 nitrogen and oxygen atoms in total. The molecular weight excluding hydrogens is 246 g/mol. The average molecular weight is 266 g/mol. The quantitative estimate of drug-likeness (QED) is 0.566. The van der Waals surface area contributed by atoms with Gasteiger partial charge >= 0.3 is 0 Å². The molecule has 0 aliphatic heterocycles. The lowest BCUT2D eigenvalue weighted by Gasteiger charge is -2.02. The Labute approximate surface area is 121 Å². The number of hydrogen-bond donors (Lipinski definition) is 0. The first-order chi connectivity index (χ1) is 9.83. The fourth-order valence-corrected chi connectivity index (χ4v) is 2.00. The summed E-state index contributed by atoms with van der Waals surface area (Å²) in [6.07, 6.45) is 4.99. The van der Waals surface area contributed by atoms with Gasteiger partial charge in [0.05, 0.1) is 0 Å². The van der Waals surface area contributed by atoms with Crippen molar-refractivity contribution in [1.29, 1.82) is 0 Å². The van der Waals surface area contributed by atoms with Crippen LogP contribution in [0.15, 0.2) is 53.7 Å². The maximum absolute atomic E-state index is 5.31. The zero-order valence-corrected chi connectivity index (χ0v) is 12.1. The summed E-state index contributed by atoms with van der Waals surface area (Å²) in [5.74, 6) is 0. The predicted molar refractivity (Wildman–Crippen MR) is 83.0 cm³/mol. The van der Waals surface area contributed by atoms with E-state index in [2.05, 4.69) is 55.5 Å². The van der Waals surface area contributed by atoms with Crippen molar-refractivity contribution >= 4 is 6.21 Å². The van der Waals surface area contributed by atoms with Crippen LogP contribution < -0.4 is 0 Å². The molecule has 2 rings (SSSR count). The minimum atomic E-state index is 0.477. The molecule has 0 fully saturated rings. The first-order valence-electron chi connectivity index (χ1n) is 7.07. The van der Waals surface area contributed by atoms with Crippen LogP contribution in [0.3, 0.4) is 0 Å². The minimum Gasteiger partial charge on any atom is -0.390 e. The number of benzene rings is 2. The maximum Gasteiger partial charge on any atom is 0.142 e. The normalized spacial score (nSPS) is 10.9. The second kappa shape index (κ2) is 7.49. The van der Waals surface area contributed by atoms with Gasteiger partial charge in [-0.3, -0.25) is 0 Å². The Hall–Kier alpha value is -2.09. The van der Waals surface area contributed by atoms with Crippen LogP contribution >= 0.6 is 0 Å². The molecule has 2 aromatic carbocycles. The first-order valence-corrected chi connectivity index (χ1v) is 7.07. The van der Waals surface area contributed by atoms with Gasteiger partial charge < -0.3 is 4.84 Å². The van der Waals surface area contributed by atoms with Gasteiger partial charge in [-0.2, -0.15) is 0 Å². The summed E-state index contributed by atoms with van der Waals surface area (Å²) >= 11 is 0. The molecule has 20 heavy (non-hydrogen) atoms. The van der Waals surface area contributed by atoms with Gasteiger partial charge in [0, 0.05) is 5.56 Å². The van der Waals surface area contributed by atoms with Crippen LogP contribution in [-0.4, -0.2) is 6.21 Å². The molecule has 0 aromatic heterocycles. The van der Waals surface area contributed by atoms with Crippen molar-refractivity contribution in [2.75, 3.05) is 0 Å². The summed E-state index contributed by atoms with van der Waals surface area (Å²) < 4.78 is 0. The highest BCUT2D eigenvalue weighted by Gasteiger charge is 1.97. The smallest absolute Gasteiger partial charge is 0.142 e. The van der Waals surface area contributed by atoms with Gasteiger partial charge in [0.25, 0.3) is 0 Å². The zero-order chi connectivity index (χ0) is 14.2. The van der Waals surface area contributed by atoms with Gasteiger partial charge in [-0.1, -0.05) is 67.5 Å². The van der Waals surface area contributed by atoms with Crippen LogP contribution in [-0.2, 0) is 24.3 Å². The van der Waals surface area contributed by atoms with Crippen LogP contribution in [0, 0.1) is 0 Å². The third-order valence-electron chi connectivity index (χ3n) is 3.29. The van der Waals surface area contributed by atoms with Crippen LogP contribution in [0.4, 0.5) is 0 Å². The van der Waals surface area contributed by atoms with Gasteiger partial charge in [0.2, 0.25) is 0 Å². The van der Waals surface area contributed by atoms with E-state index in [0.29, 0.717) is 6.61 Å². The Morgan fingerprint density at radius 2 is 1.60 bits per heavy atom. The molecule has 0 saturated heterocycles. The largest absolute Gasteiger partial charge is 0.390 e. The third-order valence-corrected chi connectivity index (χ3v) is 3.29. The van der Waals surface area contributed by atoms with Crippen molar-refractivity contribution in [3.05, 3.63) is 70.8 Å². The summed E-state index contributed by atoms with van der Waals surface area (Å²) in [4.78, 5) is 5.31. The van der Waals surface area contributed by atoms with Gasteiger partial charge in [-0.15, -0.1) is 0 Å². The summed E-state index contributed by atoms with van der Waals surface area (Å²) in [6, 6.07) is 16.5. The second-order valence-corrected chi connectivity index (χ2v) is 4.66. The summed E-state index contributed by atoms with van der Waals surface area (Å²) in [6.45, 7) is 4.75. The highest BCUT2D eigenvalue weighted by Crippen LogP contribution is 2.08. The summed E-state index contributed by atoms with van der Waals surface area (Å²) in [5, 5.41) is 3.94. The Bertz CT molecular complexity index is 558. The fourth-order valence-electron chi connectivity index (χ4n) is 2.00. The highest BCUT2D eigenvalue weighted by molar-refractivity contribution is 5.81. The van der Waals surface area contributed by atoms with E-state index in [9.17, 15) is 0 Å². The first kappa shape index (κ1) is 14.3. The van der Waals surface area contributed by atoms with E-state index in [-0.39, 0.29) is 0 Å². The molecule has 0 heterocycles. The molecule has 0 bridgehead atoms. The molecule has 0 unspecified atom stereocenters. The van der Waals surface area contributed by atoms with Gasteiger partial charge in [0.1, 0.15) is 12.8 Å². The van der Waals surface area contributed by atoms with Crippen molar-refractivity contribution in [3.8, 4) is 0 Å². The number of rotatable bonds is 6. The fraction of sp³-hybridized carbons (Fsp3) is 0.278. The lowest BCUT2D eigenvalue weighted by molar-refractivity contribution is 0.132. The Kier molecular flexibility index (Phi) is 5.36. The molecule has 0 N–H and O–H groups in total. The van der Waals surface area contributed by atoms with Gasteiger partial charge in [-0.25, -0.2) is 0 Å². The van der Waals surface area contributed by atoms with Crippen molar-refractivity contribution < 1.29 is 4.84 Å². The Morgan fingerprint density at radius 1 is 0.900 bits per heavy atom. The van der Waals surface area contributed by atoms with Crippen LogP contribution in [0.1, 0.15) is 36.1 Å². The van der Waals surface area contributed by atoms with E-state index in [1.165, 1.54) is 11.1 Å². The minimum absolute atomic E-state index is 0.477. The average Bonchev–Trinajstić information content (AvgIpc) is 2.52. The molecular formula is C18H20NO. The molecule has 0 amide bonds. The van der Waals surface area contributed by atoms with Crippen LogP contribution in [0.5, 0.6) is 0 Å². The molecule has 0 aliphatic rings. The standard InChI is InChI=1S/C18H20NO/c1-3-15-9-11-16(12-10-15)14-20-19-13-18-8-6-5-7-17(18)4-2/h5-12H,3-4,14H2,1-2H3. The van der Waals surface area contributed by atoms with E-state index < -0.39 is 0 Å². The van der Waals surface area contributed by atoms with Crippen molar-refractivity contribution in [3.63, 3.8) is 0 Å². The molecule has 2 heteroatoms. The lowest BCUT2D eigenvalue weighted by atomic mass is 10.1. The van der Waals surface area contributed by atoms with E-state index in [4.69, 9.17) is 4.84 Å². The number of nitrogens with zero attached hydrogens (tertiary/aromatic N) is 1. The van der Waals surface area contributed by atoms with Crippen molar-refractivity contribution in [2.24, 2.45) is 5.16 Å². The van der Waals surface area contributed by atoms with E-state index in [1.807, 2.05) is 18.2 Å². The SMILES string of the molecule is CCc1ccc(CO/N=[C]\c2ccccc2CC)cc1. The number of aryl methyl sites for hydroxylation is 2. The Balaban J connectivity index is 1.90. The van der Waals surface area contributed by atoms with Crippen molar-refractivity contribution in [1.82, 2.24) is 0 Å². The van der Waals surface area contributed by atoms with E-state index >= 15 is 0 Å². The molecule has 0 spiro atoms. The number of hydrogen-bond acceptors (Lipinski definition) is 2. The predicted octanol–water partition coefficient (Wildman–Crippen LogP) is 4.24. The molecule has 103 valence electrons. The topological polar surface area (TPSA) is 21.6 Å². The van der Waals surface area contributed by atoms with E-state index in [0.717, 1.165) is 24.0 Å². The van der Waals surface area contributed by atoms with Crippen LogP contribution in [0.2, 0.25) is 0 Å². The molecule has 0 atom stereocenters. The van der Waals surface area contributed by atoms with Gasteiger partial charge in [0.15, 0.2) is 0 Å². The van der Waals surface area contributed by atoms with E-state index in [1.54, 1.807) is 0 Å². The molecule has 0 aliphatic carbocycles. The molecule has 1 radical (unpaired) electrons. The monoisotopic (exact) mass is 266 g/mol. The maximum atomic E-state index is 5.31. The lowest BCUT2D eigenvalue weighted by Crippen LogP contribution is -1.92. The van der Waals surface area contributed by atoms with Crippen molar-refractivity contribution in [2.45, 2.75) is 33.3 Å². The second-order valence-electron chi connectivity index (χ2n) is 4.66. The third kappa shape index (κ3) is 3.95. The summed E-state index contributed by atoms with van der Waals surface area (Å²) in [7, 11) is 0.